The molecule has 0 bridgehead atoms. The molecule has 3 N–H and O–H groups in total. The van der Waals surface area contributed by atoms with Gasteiger partial charge >= 0.3 is 0 Å². The third kappa shape index (κ3) is 3.63. The Morgan fingerprint density at radius 2 is 2.07 bits per heavy atom. The summed E-state index contributed by atoms with van der Waals surface area (Å²) in [5.74, 6) is 0.603. The number of nitrogens with two attached hydrogens (primary N) is 1. The standard InChI is InChI=1S/C19H20N10/c1-12(2)25-16-6-18(22-10-17(16)28-11-15(3-4-20)26-27-28)29-19-14(9-24-29)5-13(7-21)8-23-19/h5-6,8-12H,3-4,20H2,1-2H3,(H,22,25). The fourth-order valence-electron chi connectivity index (χ4n) is 2.99. The lowest BCUT2D eigenvalue weighted by Crippen LogP contribution is -2.14. The summed E-state index contributed by atoms with van der Waals surface area (Å²) in [5.41, 5.74) is 9.16. The van der Waals surface area contributed by atoms with Crippen LogP contribution in [-0.4, -0.2) is 47.3 Å². The number of anilines is 1. The summed E-state index contributed by atoms with van der Waals surface area (Å²) in [6, 6.07) is 5.93. The fourth-order valence-corrected chi connectivity index (χ4v) is 2.99. The minimum Gasteiger partial charge on any atom is -0.381 e. The fraction of sp³-hybridized carbons (Fsp3) is 0.263. The second kappa shape index (κ2) is 7.65. The smallest absolute Gasteiger partial charge is 0.164 e. The maximum atomic E-state index is 9.06. The lowest BCUT2D eigenvalue weighted by atomic mass is 10.2. The van der Waals surface area contributed by atoms with E-state index in [0.717, 1.165) is 22.5 Å². The SMILES string of the molecule is CC(C)Nc1cc(-n2ncc3cc(C#N)cnc32)ncc1-n1cc(CCN)nn1. The summed E-state index contributed by atoms with van der Waals surface area (Å²) in [5, 5.41) is 26.0. The quantitative estimate of drug-likeness (QED) is 0.508. The zero-order chi connectivity index (χ0) is 20.4. The molecule has 0 saturated carbocycles. The summed E-state index contributed by atoms with van der Waals surface area (Å²) < 4.78 is 3.33. The zero-order valence-electron chi connectivity index (χ0n) is 16.1. The van der Waals surface area contributed by atoms with Crippen LogP contribution >= 0.6 is 0 Å². The maximum Gasteiger partial charge on any atom is 0.164 e. The highest BCUT2D eigenvalue weighted by Crippen LogP contribution is 2.24. The minimum atomic E-state index is 0.196. The number of fused-ring (bicyclic) bond motifs is 1. The van der Waals surface area contributed by atoms with Crippen LogP contribution < -0.4 is 11.1 Å². The van der Waals surface area contributed by atoms with Gasteiger partial charge in [-0.05, 0) is 26.5 Å². The van der Waals surface area contributed by atoms with Crippen molar-refractivity contribution in [2.24, 2.45) is 5.73 Å². The Kier molecular flexibility index (Phi) is 4.88. The monoisotopic (exact) mass is 388 g/mol. The van der Waals surface area contributed by atoms with Crippen molar-refractivity contribution in [3.63, 3.8) is 0 Å². The Morgan fingerprint density at radius 3 is 2.83 bits per heavy atom. The molecule has 0 aliphatic rings. The van der Waals surface area contributed by atoms with Crippen LogP contribution in [0, 0.1) is 11.3 Å². The van der Waals surface area contributed by atoms with Crippen molar-refractivity contribution in [1.29, 1.82) is 5.26 Å². The van der Waals surface area contributed by atoms with Crippen molar-refractivity contribution >= 4 is 16.7 Å². The molecular formula is C19H20N10. The van der Waals surface area contributed by atoms with E-state index in [1.165, 1.54) is 6.20 Å². The first-order valence-corrected chi connectivity index (χ1v) is 9.21. The molecule has 4 rings (SSSR count). The summed E-state index contributed by atoms with van der Waals surface area (Å²) in [6.45, 7) is 4.62. The van der Waals surface area contributed by atoms with Gasteiger partial charge in [0.2, 0.25) is 0 Å². The first kappa shape index (κ1) is 18.5. The van der Waals surface area contributed by atoms with Crippen LogP contribution in [0.3, 0.4) is 0 Å². The predicted octanol–water partition coefficient (Wildman–Crippen LogP) is 1.59. The average molecular weight is 388 g/mol. The third-order valence-electron chi connectivity index (χ3n) is 4.25. The van der Waals surface area contributed by atoms with Gasteiger partial charge in [0, 0.05) is 30.1 Å². The van der Waals surface area contributed by atoms with Gasteiger partial charge in [0.1, 0.15) is 11.8 Å². The van der Waals surface area contributed by atoms with Crippen molar-refractivity contribution in [3.8, 4) is 17.6 Å². The average Bonchev–Trinajstić information content (AvgIpc) is 3.34. The number of hydrogen-bond donors (Lipinski definition) is 2. The van der Waals surface area contributed by atoms with Crippen LogP contribution in [0.5, 0.6) is 0 Å². The molecule has 0 atom stereocenters. The molecule has 0 aromatic carbocycles. The molecule has 4 aromatic heterocycles. The minimum absolute atomic E-state index is 0.196. The number of rotatable bonds is 6. The van der Waals surface area contributed by atoms with E-state index in [4.69, 9.17) is 11.0 Å². The molecule has 0 fully saturated rings. The van der Waals surface area contributed by atoms with E-state index >= 15 is 0 Å². The van der Waals surface area contributed by atoms with Crippen molar-refractivity contribution in [2.75, 3.05) is 11.9 Å². The molecule has 4 heterocycles. The van der Waals surface area contributed by atoms with Crippen LogP contribution in [0.2, 0.25) is 0 Å². The molecule has 10 nitrogen and oxygen atoms in total. The molecule has 0 radical (unpaired) electrons. The largest absolute Gasteiger partial charge is 0.381 e. The van der Waals surface area contributed by atoms with E-state index in [-0.39, 0.29) is 6.04 Å². The predicted molar refractivity (Wildman–Crippen MR) is 108 cm³/mol. The van der Waals surface area contributed by atoms with Gasteiger partial charge in [0.05, 0.1) is 35.5 Å². The van der Waals surface area contributed by atoms with Crippen LogP contribution in [0.15, 0.2) is 36.9 Å². The van der Waals surface area contributed by atoms with E-state index in [1.807, 2.05) is 12.3 Å². The van der Waals surface area contributed by atoms with Gasteiger partial charge in [-0.25, -0.2) is 14.6 Å². The van der Waals surface area contributed by atoms with Gasteiger partial charge in [0.25, 0.3) is 0 Å². The summed E-state index contributed by atoms with van der Waals surface area (Å²) >= 11 is 0. The Labute approximate surface area is 167 Å². The van der Waals surface area contributed by atoms with Gasteiger partial charge in [-0.15, -0.1) is 5.10 Å². The number of nitriles is 1. The van der Waals surface area contributed by atoms with Crippen molar-refractivity contribution in [2.45, 2.75) is 26.3 Å². The van der Waals surface area contributed by atoms with Gasteiger partial charge in [0.15, 0.2) is 11.5 Å². The van der Waals surface area contributed by atoms with E-state index in [1.54, 1.807) is 27.8 Å². The third-order valence-corrected chi connectivity index (χ3v) is 4.25. The number of pyridine rings is 2. The molecule has 0 unspecified atom stereocenters. The van der Waals surface area contributed by atoms with Crippen molar-refractivity contribution < 1.29 is 0 Å². The van der Waals surface area contributed by atoms with Crippen LogP contribution in [0.4, 0.5) is 5.69 Å². The first-order chi connectivity index (χ1) is 14.1. The number of nitrogens with zero attached hydrogens (tertiary/aromatic N) is 8. The lowest BCUT2D eigenvalue weighted by Gasteiger charge is -2.15. The Bertz CT molecular complexity index is 1200. The molecule has 29 heavy (non-hydrogen) atoms. The number of hydrogen-bond acceptors (Lipinski definition) is 8. The van der Waals surface area contributed by atoms with E-state index < -0.39 is 0 Å². The molecule has 146 valence electrons. The number of aromatic nitrogens is 7. The Hall–Kier alpha value is -3.84. The molecule has 0 spiro atoms. The molecule has 10 heteroatoms. The highest BCUT2D eigenvalue weighted by Gasteiger charge is 2.14. The molecule has 4 aromatic rings. The first-order valence-electron chi connectivity index (χ1n) is 9.21. The summed E-state index contributed by atoms with van der Waals surface area (Å²) in [4.78, 5) is 8.92. The molecule has 0 saturated heterocycles. The molecule has 0 amide bonds. The van der Waals surface area contributed by atoms with Crippen LogP contribution in [-0.2, 0) is 6.42 Å². The van der Waals surface area contributed by atoms with Crippen LogP contribution in [0.25, 0.3) is 22.5 Å². The summed E-state index contributed by atoms with van der Waals surface area (Å²) in [6.07, 6.45) is 7.43. The summed E-state index contributed by atoms with van der Waals surface area (Å²) in [7, 11) is 0. The van der Waals surface area contributed by atoms with Crippen LogP contribution in [0.1, 0.15) is 25.1 Å². The van der Waals surface area contributed by atoms with E-state index in [2.05, 4.69) is 50.6 Å². The zero-order valence-corrected chi connectivity index (χ0v) is 16.1. The van der Waals surface area contributed by atoms with Gasteiger partial charge in [-0.1, -0.05) is 5.21 Å². The van der Waals surface area contributed by atoms with Gasteiger partial charge in [-0.2, -0.15) is 15.0 Å². The maximum absolute atomic E-state index is 9.06. The molecule has 0 aliphatic carbocycles. The Balaban J connectivity index is 1.79. The van der Waals surface area contributed by atoms with Gasteiger partial charge < -0.3 is 11.1 Å². The highest BCUT2D eigenvalue weighted by atomic mass is 15.4. The number of nitrogens with one attached hydrogen (secondary N) is 1. The lowest BCUT2D eigenvalue weighted by molar-refractivity contribution is 0.783. The second-order valence-electron chi connectivity index (χ2n) is 6.86. The van der Waals surface area contributed by atoms with Crippen molar-refractivity contribution in [3.05, 3.63) is 48.2 Å². The van der Waals surface area contributed by atoms with E-state index in [0.29, 0.717) is 30.0 Å². The highest BCUT2D eigenvalue weighted by molar-refractivity contribution is 5.77. The topological polar surface area (TPSA) is 136 Å². The molecular weight excluding hydrogens is 368 g/mol. The van der Waals surface area contributed by atoms with Gasteiger partial charge in [-0.3, -0.25) is 0 Å². The normalized spacial score (nSPS) is 11.1. The molecule has 0 aliphatic heterocycles. The second-order valence-corrected chi connectivity index (χ2v) is 6.86. The van der Waals surface area contributed by atoms with Crippen molar-refractivity contribution in [1.82, 2.24) is 34.7 Å². The van der Waals surface area contributed by atoms with E-state index in [9.17, 15) is 0 Å². The Morgan fingerprint density at radius 1 is 1.21 bits per heavy atom.